The summed E-state index contributed by atoms with van der Waals surface area (Å²) in [6.45, 7) is 0. The van der Waals surface area contributed by atoms with Crippen LogP contribution in [0.5, 0.6) is 0 Å². The van der Waals surface area contributed by atoms with Crippen molar-refractivity contribution < 1.29 is 0 Å². The molecular weight excluding hydrogens is 306 g/mol. The summed E-state index contributed by atoms with van der Waals surface area (Å²) in [4.78, 5) is 16.0. The van der Waals surface area contributed by atoms with E-state index in [2.05, 4.69) is 25.1 Å². The van der Waals surface area contributed by atoms with E-state index in [-0.39, 0.29) is 5.28 Å². The standard InChI is InChI=1S/C9H12ClN7S2/c1-16(2)6-11-5(10)12-7(13-6)18-9-15-14-8(19-9)17(3)4/h1-4H3. The van der Waals surface area contributed by atoms with Crippen molar-refractivity contribution in [2.75, 3.05) is 38.0 Å². The zero-order chi connectivity index (χ0) is 14.0. The molecule has 0 bridgehead atoms. The van der Waals surface area contributed by atoms with Crippen LogP contribution in [0.4, 0.5) is 11.1 Å². The Morgan fingerprint density at radius 1 is 1.00 bits per heavy atom. The van der Waals surface area contributed by atoms with Crippen molar-refractivity contribution in [2.24, 2.45) is 0 Å². The summed E-state index contributed by atoms with van der Waals surface area (Å²) in [7, 11) is 7.52. The van der Waals surface area contributed by atoms with E-state index in [0.29, 0.717) is 11.1 Å². The van der Waals surface area contributed by atoms with Crippen molar-refractivity contribution in [2.45, 2.75) is 9.50 Å². The fourth-order valence-corrected chi connectivity index (χ4v) is 2.89. The fourth-order valence-electron chi connectivity index (χ4n) is 1.07. The Hall–Kier alpha value is -1.19. The van der Waals surface area contributed by atoms with Gasteiger partial charge in [-0.05, 0) is 23.4 Å². The van der Waals surface area contributed by atoms with Crippen LogP contribution in [0, 0.1) is 0 Å². The number of nitrogens with zero attached hydrogens (tertiary/aromatic N) is 7. The minimum absolute atomic E-state index is 0.165. The molecule has 2 aromatic heterocycles. The Morgan fingerprint density at radius 2 is 1.74 bits per heavy atom. The molecule has 19 heavy (non-hydrogen) atoms. The second-order valence-electron chi connectivity index (χ2n) is 3.93. The first-order chi connectivity index (χ1) is 8.95. The molecule has 2 heterocycles. The van der Waals surface area contributed by atoms with Gasteiger partial charge in [-0.1, -0.05) is 11.3 Å². The maximum atomic E-state index is 5.87. The van der Waals surface area contributed by atoms with Crippen LogP contribution in [0.25, 0.3) is 0 Å². The molecule has 0 unspecified atom stereocenters. The average molecular weight is 318 g/mol. The van der Waals surface area contributed by atoms with Crippen LogP contribution < -0.4 is 9.80 Å². The van der Waals surface area contributed by atoms with E-state index in [1.54, 1.807) is 4.90 Å². The zero-order valence-electron chi connectivity index (χ0n) is 10.8. The molecule has 0 fully saturated rings. The van der Waals surface area contributed by atoms with Crippen molar-refractivity contribution in [1.29, 1.82) is 0 Å². The largest absolute Gasteiger partial charge is 0.353 e. The molecule has 0 saturated carbocycles. The Bertz CT molecular complexity index is 571. The predicted molar refractivity (Wildman–Crippen MR) is 77.5 cm³/mol. The summed E-state index contributed by atoms with van der Waals surface area (Å²) >= 11 is 8.65. The van der Waals surface area contributed by atoms with Gasteiger partial charge in [-0.15, -0.1) is 10.2 Å². The second kappa shape index (κ2) is 5.85. The maximum Gasteiger partial charge on any atom is 0.230 e. The van der Waals surface area contributed by atoms with E-state index in [1.165, 1.54) is 23.1 Å². The molecule has 0 aliphatic rings. The zero-order valence-corrected chi connectivity index (χ0v) is 13.2. The lowest BCUT2D eigenvalue weighted by Gasteiger charge is -2.09. The van der Waals surface area contributed by atoms with Gasteiger partial charge in [0.05, 0.1) is 0 Å². The Balaban J connectivity index is 2.22. The summed E-state index contributed by atoms with van der Waals surface area (Å²) in [5.74, 6) is 0.514. The minimum atomic E-state index is 0.165. The monoisotopic (exact) mass is 317 g/mol. The van der Waals surface area contributed by atoms with Crippen LogP contribution in [-0.2, 0) is 0 Å². The van der Waals surface area contributed by atoms with Crippen molar-refractivity contribution in [3.05, 3.63) is 5.28 Å². The normalized spacial score (nSPS) is 10.6. The molecule has 0 atom stereocenters. The average Bonchev–Trinajstić information content (AvgIpc) is 2.76. The molecule has 0 aliphatic heterocycles. The Morgan fingerprint density at radius 3 is 2.32 bits per heavy atom. The molecule has 10 heteroatoms. The van der Waals surface area contributed by atoms with Crippen LogP contribution in [-0.4, -0.2) is 53.3 Å². The number of anilines is 2. The highest BCUT2D eigenvalue weighted by atomic mass is 35.5. The number of hydrogen-bond donors (Lipinski definition) is 0. The van der Waals surface area contributed by atoms with E-state index < -0.39 is 0 Å². The van der Waals surface area contributed by atoms with Crippen molar-refractivity contribution in [3.8, 4) is 0 Å². The first-order valence-corrected chi connectivity index (χ1v) is 7.24. The SMILES string of the molecule is CN(C)c1nc(Cl)nc(Sc2nnc(N(C)C)s2)n1. The molecule has 7 nitrogen and oxygen atoms in total. The molecule has 2 aromatic rings. The van der Waals surface area contributed by atoms with Gasteiger partial charge in [-0.2, -0.15) is 15.0 Å². The molecule has 0 aliphatic carbocycles. The molecule has 0 spiro atoms. The van der Waals surface area contributed by atoms with E-state index in [0.717, 1.165) is 9.47 Å². The predicted octanol–water partition coefficient (Wildman–Crippen LogP) is 1.66. The van der Waals surface area contributed by atoms with Crippen LogP contribution in [0.2, 0.25) is 5.28 Å². The van der Waals surface area contributed by atoms with Gasteiger partial charge in [0.1, 0.15) is 0 Å². The van der Waals surface area contributed by atoms with Crippen LogP contribution in [0.15, 0.2) is 9.50 Å². The van der Waals surface area contributed by atoms with E-state index in [1.807, 2.05) is 33.1 Å². The lowest BCUT2D eigenvalue weighted by Crippen LogP contribution is -2.13. The fraction of sp³-hybridized carbons (Fsp3) is 0.444. The summed E-state index contributed by atoms with van der Waals surface area (Å²) in [6.07, 6.45) is 0. The van der Waals surface area contributed by atoms with Crippen molar-refractivity contribution in [3.63, 3.8) is 0 Å². The Kier molecular flexibility index (Phi) is 4.38. The molecule has 0 amide bonds. The molecule has 0 aromatic carbocycles. The van der Waals surface area contributed by atoms with Crippen molar-refractivity contribution >= 4 is 45.8 Å². The summed E-state index contributed by atoms with van der Waals surface area (Å²) in [6, 6.07) is 0. The number of hydrogen-bond acceptors (Lipinski definition) is 9. The molecular formula is C9H12ClN7S2. The van der Waals surface area contributed by atoms with E-state index >= 15 is 0 Å². The molecule has 2 rings (SSSR count). The van der Waals surface area contributed by atoms with Gasteiger partial charge in [0.2, 0.25) is 21.5 Å². The first-order valence-electron chi connectivity index (χ1n) is 5.23. The topological polar surface area (TPSA) is 70.9 Å². The molecule has 0 N–H and O–H groups in total. The van der Waals surface area contributed by atoms with Gasteiger partial charge in [0.25, 0.3) is 0 Å². The van der Waals surface area contributed by atoms with Crippen molar-refractivity contribution in [1.82, 2.24) is 25.1 Å². The van der Waals surface area contributed by atoms with Crippen LogP contribution in [0.1, 0.15) is 0 Å². The third-order valence-electron chi connectivity index (χ3n) is 1.93. The van der Waals surface area contributed by atoms with Gasteiger partial charge >= 0.3 is 0 Å². The van der Waals surface area contributed by atoms with Crippen LogP contribution in [0.3, 0.4) is 0 Å². The number of aromatic nitrogens is 5. The third-order valence-corrected chi connectivity index (χ3v) is 4.11. The van der Waals surface area contributed by atoms with Gasteiger partial charge < -0.3 is 9.80 Å². The highest BCUT2D eigenvalue weighted by Crippen LogP contribution is 2.31. The third kappa shape index (κ3) is 3.64. The highest BCUT2D eigenvalue weighted by Gasteiger charge is 2.12. The summed E-state index contributed by atoms with van der Waals surface area (Å²) in [5, 5.41) is 9.62. The molecule has 102 valence electrons. The lowest BCUT2D eigenvalue weighted by molar-refractivity contribution is 0.863. The molecule has 0 saturated heterocycles. The maximum absolute atomic E-state index is 5.87. The number of rotatable bonds is 4. The van der Waals surface area contributed by atoms with Gasteiger partial charge in [0.15, 0.2) is 4.34 Å². The Labute approximate surface area is 124 Å². The quantitative estimate of drug-likeness (QED) is 0.843. The lowest BCUT2D eigenvalue weighted by atomic mass is 10.8. The minimum Gasteiger partial charge on any atom is -0.353 e. The molecule has 0 radical (unpaired) electrons. The van der Waals surface area contributed by atoms with E-state index in [9.17, 15) is 0 Å². The summed E-state index contributed by atoms with van der Waals surface area (Å²) < 4.78 is 0.760. The summed E-state index contributed by atoms with van der Waals surface area (Å²) in [5.41, 5.74) is 0. The highest BCUT2D eigenvalue weighted by molar-refractivity contribution is 8.00. The van der Waals surface area contributed by atoms with E-state index in [4.69, 9.17) is 11.6 Å². The smallest absolute Gasteiger partial charge is 0.230 e. The van der Waals surface area contributed by atoms with Gasteiger partial charge in [0, 0.05) is 28.2 Å². The number of halogens is 1. The van der Waals surface area contributed by atoms with Gasteiger partial charge in [-0.3, -0.25) is 0 Å². The second-order valence-corrected chi connectivity index (χ2v) is 6.44. The van der Waals surface area contributed by atoms with Gasteiger partial charge in [-0.25, -0.2) is 0 Å². The van der Waals surface area contributed by atoms with Crippen LogP contribution >= 0.6 is 34.7 Å². The first kappa shape index (κ1) is 14.2.